The van der Waals surface area contributed by atoms with Crippen LogP contribution in [-0.2, 0) is 6.54 Å². The van der Waals surface area contributed by atoms with Gasteiger partial charge in [0.25, 0.3) is 0 Å². The highest BCUT2D eigenvalue weighted by Crippen LogP contribution is 2.18. The number of aromatic nitrogens is 2. The van der Waals surface area contributed by atoms with Gasteiger partial charge in [-0.3, -0.25) is 0 Å². The van der Waals surface area contributed by atoms with Gasteiger partial charge in [-0.1, -0.05) is 5.16 Å². The minimum absolute atomic E-state index is 0.101. The lowest BCUT2D eigenvalue weighted by Gasteiger charge is -2.05. The van der Waals surface area contributed by atoms with Gasteiger partial charge in [0.05, 0.1) is 13.1 Å². The van der Waals surface area contributed by atoms with E-state index in [1.807, 2.05) is 16.8 Å². The van der Waals surface area contributed by atoms with E-state index in [1.165, 1.54) is 11.3 Å². The molecule has 4 nitrogen and oxygen atoms in total. The van der Waals surface area contributed by atoms with Crippen LogP contribution in [0, 0.1) is 0 Å². The van der Waals surface area contributed by atoms with Gasteiger partial charge in [-0.2, -0.15) is 29.5 Å². The highest BCUT2D eigenvalue weighted by Gasteiger charge is 2.26. The van der Waals surface area contributed by atoms with Crippen LogP contribution >= 0.6 is 11.3 Å². The maximum Gasteiger partial charge on any atom is 0.401 e. The van der Waals surface area contributed by atoms with Gasteiger partial charge >= 0.3 is 6.18 Å². The molecular weight excluding hydrogens is 255 g/mol. The van der Waals surface area contributed by atoms with Gasteiger partial charge in [0, 0.05) is 10.9 Å². The average Bonchev–Trinajstić information content (AvgIpc) is 2.83. The molecular formula is C9H8F3N3OS. The van der Waals surface area contributed by atoms with Gasteiger partial charge in [0.15, 0.2) is 0 Å². The molecule has 0 radical (unpaired) electrons. The van der Waals surface area contributed by atoms with Crippen molar-refractivity contribution >= 4 is 11.3 Å². The third-order valence-corrected chi connectivity index (χ3v) is 2.53. The summed E-state index contributed by atoms with van der Waals surface area (Å²) in [6, 6.07) is 1.81. The van der Waals surface area contributed by atoms with E-state index in [4.69, 9.17) is 4.52 Å². The van der Waals surface area contributed by atoms with Crippen LogP contribution in [0.5, 0.6) is 0 Å². The van der Waals surface area contributed by atoms with Crippen molar-refractivity contribution in [1.29, 1.82) is 0 Å². The Morgan fingerprint density at radius 1 is 1.41 bits per heavy atom. The standard InChI is InChI=1S/C9H8F3N3OS/c10-9(11,12)5-13-3-7-14-8(15-16-7)6-1-2-17-4-6/h1-2,4,13H,3,5H2. The maximum absolute atomic E-state index is 11.9. The second kappa shape index (κ2) is 4.84. The van der Waals surface area contributed by atoms with Crippen molar-refractivity contribution in [3.05, 3.63) is 22.7 Å². The SMILES string of the molecule is FC(F)(F)CNCc1nc(-c2ccsc2)no1. The van der Waals surface area contributed by atoms with Crippen LogP contribution in [0.4, 0.5) is 13.2 Å². The minimum atomic E-state index is -4.24. The van der Waals surface area contributed by atoms with Crippen LogP contribution < -0.4 is 5.32 Å². The predicted octanol–water partition coefficient (Wildman–Crippen LogP) is 2.45. The van der Waals surface area contributed by atoms with Gasteiger partial charge < -0.3 is 9.84 Å². The smallest absolute Gasteiger partial charge is 0.338 e. The van der Waals surface area contributed by atoms with Gasteiger partial charge in [-0.25, -0.2) is 0 Å². The Morgan fingerprint density at radius 3 is 2.88 bits per heavy atom. The number of nitrogens with zero attached hydrogens (tertiary/aromatic N) is 2. The molecule has 0 aliphatic heterocycles. The van der Waals surface area contributed by atoms with Crippen molar-refractivity contribution < 1.29 is 17.7 Å². The van der Waals surface area contributed by atoms with Gasteiger partial charge in [-0.15, -0.1) is 0 Å². The molecule has 2 aromatic heterocycles. The third kappa shape index (κ3) is 3.53. The molecule has 0 fully saturated rings. The molecule has 0 aromatic carbocycles. The predicted molar refractivity (Wildman–Crippen MR) is 55.4 cm³/mol. The van der Waals surface area contributed by atoms with E-state index in [2.05, 4.69) is 15.5 Å². The average molecular weight is 263 g/mol. The summed E-state index contributed by atoms with van der Waals surface area (Å²) in [4.78, 5) is 3.97. The number of hydrogen-bond donors (Lipinski definition) is 1. The first-order valence-corrected chi connectivity index (χ1v) is 5.61. The fourth-order valence-electron chi connectivity index (χ4n) is 1.15. The minimum Gasteiger partial charge on any atom is -0.338 e. The van der Waals surface area contributed by atoms with E-state index in [1.54, 1.807) is 0 Å². The summed E-state index contributed by atoms with van der Waals surface area (Å²) in [6.45, 7) is -1.18. The Labute approximate surface area is 98.5 Å². The highest BCUT2D eigenvalue weighted by atomic mass is 32.1. The summed E-state index contributed by atoms with van der Waals surface area (Å²) in [5, 5.41) is 9.54. The Balaban J connectivity index is 1.91. The summed E-state index contributed by atoms with van der Waals surface area (Å²) in [5.41, 5.74) is 0.792. The van der Waals surface area contributed by atoms with Crippen molar-refractivity contribution in [1.82, 2.24) is 15.5 Å². The molecule has 2 rings (SSSR count). The Morgan fingerprint density at radius 2 is 2.24 bits per heavy atom. The lowest BCUT2D eigenvalue weighted by Crippen LogP contribution is -2.28. The number of rotatable bonds is 4. The zero-order chi connectivity index (χ0) is 12.3. The zero-order valence-corrected chi connectivity index (χ0v) is 9.31. The first-order valence-electron chi connectivity index (χ1n) is 4.67. The molecule has 0 amide bonds. The summed E-state index contributed by atoms with van der Waals surface area (Å²) >= 11 is 1.48. The van der Waals surface area contributed by atoms with Crippen LogP contribution in [0.3, 0.4) is 0 Å². The van der Waals surface area contributed by atoms with Crippen LogP contribution in [0.25, 0.3) is 11.4 Å². The van der Waals surface area contributed by atoms with E-state index in [9.17, 15) is 13.2 Å². The molecule has 0 aliphatic rings. The third-order valence-electron chi connectivity index (χ3n) is 1.85. The molecule has 0 aliphatic carbocycles. The lowest BCUT2D eigenvalue weighted by atomic mass is 10.3. The fraction of sp³-hybridized carbons (Fsp3) is 0.333. The number of thiophene rings is 1. The quantitative estimate of drug-likeness (QED) is 0.920. The molecule has 92 valence electrons. The fourth-order valence-corrected chi connectivity index (χ4v) is 1.78. The summed E-state index contributed by atoms with van der Waals surface area (Å²) in [7, 11) is 0. The molecule has 0 atom stereocenters. The Bertz CT molecular complexity index is 466. The molecule has 17 heavy (non-hydrogen) atoms. The van der Waals surface area contributed by atoms with Crippen LogP contribution in [0.1, 0.15) is 5.89 Å². The second-order valence-electron chi connectivity index (χ2n) is 3.24. The monoisotopic (exact) mass is 263 g/mol. The largest absolute Gasteiger partial charge is 0.401 e. The van der Waals surface area contributed by atoms with Crippen LogP contribution in [0.15, 0.2) is 21.3 Å². The van der Waals surface area contributed by atoms with Crippen molar-refractivity contribution in [3.63, 3.8) is 0 Å². The molecule has 1 N–H and O–H groups in total. The molecule has 0 bridgehead atoms. The summed E-state index contributed by atoms with van der Waals surface area (Å²) in [6.07, 6.45) is -4.24. The number of hydrogen-bond acceptors (Lipinski definition) is 5. The molecule has 0 saturated heterocycles. The zero-order valence-electron chi connectivity index (χ0n) is 8.49. The molecule has 0 spiro atoms. The lowest BCUT2D eigenvalue weighted by molar-refractivity contribution is -0.125. The van der Waals surface area contributed by atoms with Gasteiger partial charge in [0.2, 0.25) is 11.7 Å². The Kier molecular flexibility index (Phi) is 3.43. The van der Waals surface area contributed by atoms with E-state index in [0.717, 1.165) is 5.56 Å². The van der Waals surface area contributed by atoms with Crippen molar-refractivity contribution in [2.75, 3.05) is 6.54 Å². The molecule has 0 saturated carbocycles. The Hall–Kier alpha value is -1.41. The first kappa shape index (κ1) is 12.1. The normalized spacial score (nSPS) is 11.9. The van der Waals surface area contributed by atoms with Crippen molar-refractivity contribution in [2.45, 2.75) is 12.7 Å². The van der Waals surface area contributed by atoms with E-state index in [0.29, 0.717) is 5.82 Å². The highest BCUT2D eigenvalue weighted by molar-refractivity contribution is 7.08. The molecule has 0 unspecified atom stereocenters. The van der Waals surface area contributed by atoms with Crippen LogP contribution in [0.2, 0.25) is 0 Å². The van der Waals surface area contributed by atoms with Crippen molar-refractivity contribution in [2.24, 2.45) is 0 Å². The van der Waals surface area contributed by atoms with Crippen LogP contribution in [-0.4, -0.2) is 22.9 Å². The van der Waals surface area contributed by atoms with E-state index < -0.39 is 12.7 Å². The number of nitrogens with one attached hydrogen (secondary N) is 1. The second-order valence-corrected chi connectivity index (χ2v) is 4.02. The molecule has 8 heteroatoms. The maximum atomic E-state index is 11.9. The summed E-state index contributed by atoms with van der Waals surface area (Å²) < 4.78 is 40.4. The molecule has 2 heterocycles. The van der Waals surface area contributed by atoms with Crippen molar-refractivity contribution in [3.8, 4) is 11.4 Å². The number of halogens is 3. The van der Waals surface area contributed by atoms with E-state index in [-0.39, 0.29) is 12.4 Å². The number of alkyl halides is 3. The summed E-state index contributed by atoms with van der Waals surface area (Å²) in [5.74, 6) is 0.519. The van der Waals surface area contributed by atoms with Gasteiger partial charge in [0.1, 0.15) is 0 Å². The van der Waals surface area contributed by atoms with E-state index >= 15 is 0 Å². The topological polar surface area (TPSA) is 51.0 Å². The van der Waals surface area contributed by atoms with Gasteiger partial charge in [-0.05, 0) is 11.4 Å². The first-order chi connectivity index (χ1) is 8.04. The molecule has 2 aromatic rings.